The van der Waals surface area contributed by atoms with Crippen LogP contribution in [0.5, 0.6) is 0 Å². The van der Waals surface area contributed by atoms with Gasteiger partial charge in [-0.25, -0.2) is 13.4 Å². The van der Waals surface area contributed by atoms with Gasteiger partial charge in [-0.2, -0.15) is 17.5 Å². The molecule has 1 amide bonds. The fraction of sp³-hybridized carbons (Fsp3) is 0.529. The molecule has 0 aromatic carbocycles. The third-order valence-corrected chi connectivity index (χ3v) is 8.30. The summed E-state index contributed by atoms with van der Waals surface area (Å²) in [7, 11) is -2.03. The first-order valence-electron chi connectivity index (χ1n) is 9.24. The highest BCUT2D eigenvalue weighted by atomic mass is 35.5. The van der Waals surface area contributed by atoms with E-state index in [0.29, 0.717) is 4.34 Å². The molecule has 0 N–H and O–H groups in total. The fourth-order valence-corrected chi connectivity index (χ4v) is 6.26. The topological polar surface area (TPSA) is 78.8 Å². The van der Waals surface area contributed by atoms with Gasteiger partial charge in [-0.1, -0.05) is 11.6 Å². The number of imidazole rings is 1. The molecule has 0 spiro atoms. The number of thiophene rings is 1. The summed E-state index contributed by atoms with van der Waals surface area (Å²) in [6.45, 7) is -0.321. The molecular weight excluding hydrogens is 479 g/mol. The second kappa shape index (κ2) is 9.45. The number of likely N-dealkylation sites (N-methyl/N-ethyl adjacent to an activating group) is 1. The van der Waals surface area contributed by atoms with Gasteiger partial charge in [0.25, 0.3) is 10.0 Å². The number of piperazine rings is 1. The molecule has 0 bridgehead atoms. The predicted octanol–water partition coefficient (Wildman–Crippen LogP) is 2.13. The number of hydrogen-bond acceptors (Lipinski definition) is 6. The molecule has 0 unspecified atom stereocenters. The molecule has 14 heteroatoms. The van der Waals surface area contributed by atoms with Crippen molar-refractivity contribution in [2.24, 2.45) is 0 Å². The van der Waals surface area contributed by atoms with Gasteiger partial charge >= 0.3 is 6.18 Å². The lowest BCUT2D eigenvalue weighted by Gasteiger charge is -2.34. The van der Waals surface area contributed by atoms with E-state index in [4.69, 9.17) is 11.6 Å². The van der Waals surface area contributed by atoms with E-state index in [1.165, 1.54) is 28.8 Å². The van der Waals surface area contributed by atoms with Crippen molar-refractivity contribution in [3.8, 4) is 0 Å². The third-order valence-electron chi connectivity index (χ3n) is 4.70. The Kier molecular flexibility index (Phi) is 7.31. The first kappa shape index (κ1) is 24.0. The summed E-state index contributed by atoms with van der Waals surface area (Å²) >= 11 is 6.81. The Morgan fingerprint density at radius 2 is 1.94 bits per heavy atom. The molecule has 2 aromatic rings. The van der Waals surface area contributed by atoms with Gasteiger partial charge in [-0.3, -0.25) is 9.69 Å². The highest BCUT2D eigenvalue weighted by Crippen LogP contribution is 2.28. The fourth-order valence-electron chi connectivity index (χ4n) is 3.20. The highest BCUT2D eigenvalue weighted by Gasteiger charge is 2.32. The molecule has 8 nitrogen and oxygen atoms in total. The quantitative estimate of drug-likeness (QED) is 0.583. The van der Waals surface area contributed by atoms with Crippen LogP contribution in [-0.4, -0.2) is 83.9 Å². The lowest BCUT2D eigenvalue weighted by Crippen LogP contribution is -2.52. The largest absolute Gasteiger partial charge is 0.406 e. The van der Waals surface area contributed by atoms with E-state index in [1.54, 1.807) is 16.8 Å². The lowest BCUT2D eigenvalue weighted by molar-refractivity contribution is -0.141. The number of alkyl halides is 3. The smallest absolute Gasteiger partial charge is 0.339 e. The molecule has 1 aliphatic heterocycles. The summed E-state index contributed by atoms with van der Waals surface area (Å²) in [5.74, 6) is -0.0224. The number of halogens is 4. The van der Waals surface area contributed by atoms with Crippen LogP contribution in [0.25, 0.3) is 0 Å². The predicted molar refractivity (Wildman–Crippen MR) is 109 cm³/mol. The molecule has 2 aromatic heterocycles. The SMILES string of the molecule is CN(CC(=O)N1CCN(S(=O)(=O)c2ccc(Cl)s2)CC1)Cc1nccn1CC(F)(F)F. The van der Waals surface area contributed by atoms with E-state index >= 15 is 0 Å². The van der Waals surface area contributed by atoms with E-state index in [-0.39, 0.29) is 55.2 Å². The Labute approximate surface area is 186 Å². The van der Waals surface area contributed by atoms with Gasteiger partial charge in [0.2, 0.25) is 5.91 Å². The van der Waals surface area contributed by atoms with Crippen LogP contribution >= 0.6 is 22.9 Å². The highest BCUT2D eigenvalue weighted by molar-refractivity contribution is 7.91. The van der Waals surface area contributed by atoms with Crippen LogP contribution in [0, 0.1) is 0 Å². The van der Waals surface area contributed by atoms with Crippen LogP contribution in [0.15, 0.2) is 28.7 Å². The van der Waals surface area contributed by atoms with E-state index in [2.05, 4.69) is 4.98 Å². The summed E-state index contributed by atoms with van der Waals surface area (Å²) in [5, 5.41) is 0. The summed E-state index contributed by atoms with van der Waals surface area (Å²) in [5.41, 5.74) is 0. The van der Waals surface area contributed by atoms with Crippen molar-refractivity contribution in [1.82, 2.24) is 23.7 Å². The van der Waals surface area contributed by atoms with Gasteiger partial charge in [-0.15, -0.1) is 11.3 Å². The summed E-state index contributed by atoms with van der Waals surface area (Å²) in [6.07, 6.45) is -1.83. The van der Waals surface area contributed by atoms with Gasteiger partial charge in [0.15, 0.2) is 0 Å². The molecule has 0 atom stereocenters. The van der Waals surface area contributed by atoms with E-state index in [1.807, 2.05) is 0 Å². The Balaban J connectivity index is 1.52. The number of carbonyl (C=O) groups excluding carboxylic acids is 1. The number of rotatable bonds is 7. The van der Waals surface area contributed by atoms with Crippen molar-refractivity contribution in [3.63, 3.8) is 0 Å². The second-order valence-electron chi connectivity index (χ2n) is 7.10. The number of sulfonamides is 1. The van der Waals surface area contributed by atoms with Crippen LogP contribution in [0.4, 0.5) is 13.2 Å². The summed E-state index contributed by atoms with van der Waals surface area (Å²) in [4.78, 5) is 19.6. The maximum Gasteiger partial charge on any atom is 0.406 e. The minimum Gasteiger partial charge on any atom is -0.339 e. The number of carbonyl (C=O) groups is 1. The number of aromatic nitrogens is 2. The average molecular weight is 500 g/mol. The second-order valence-corrected chi connectivity index (χ2v) is 11.0. The Hall–Kier alpha value is -1.67. The lowest BCUT2D eigenvalue weighted by atomic mass is 10.3. The van der Waals surface area contributed by atoms with Crippen LogP contribution < -0.4 is 0 Å². The molecule has 0 radical (unpaired) electrons. The van der Waals surface area contributed by atoms with Crippen molar-refractivity contribution < 1.29 is 26.4 Å². The average Bonchev–Trinajstić information content (AvgIpc) is 3.30. The molecule has 172 valence electrons. The van der Waals surface area contributed by atoms with E-state index in [9.17, 15) is 26.4 Å². The van der Waals surface area contributed by atoms with Crippen molar-refractivity contribution in [1.29, 1.82) is 0 Å². The zero-order valence-electron chi connectivity index (χ0n) is 16.5. The molecule has 0 aliphatic carbocycles. The van der Waals surface area contributed by atoms with Gasteiger partial charge < -0.3 is 9.47 Å². The molecule has 3 heterocycles. The minimum absolute atomic E-state index is 0.0217. The van der Waals surface area contributed by atoms with Gasteiger partial charge in [0, 0.05) is 38.6 Å². The Morgan fingerprint density at radius 3 is 2.52 bits per heavy atom. The molecule has 1 fully saturated rings. The van der Waals surface area contributed by atoms with Crippen molar-refractivity contribution in [2.75, 3.05) is 39.8 Å². The number of hydrogen-bond donors (Lipinski definition) is 0. The molecule has 0 saturated carbocycles. The first-order valence-corrected chi connectivity index (χ1v) is 11.9. The number of nitrogens with zero attached hydrogens (tertiary/aromatic N) is 5. The maximum atomic E-state index is 12.6. The molecule has 1 saturated heterocycles. The summed E-state index contributed by atoms with van der Waals surface area (Å²) in [6, 6.07) is 2.98. The normalized spacial score (nSPS) is 16.3. The van der Waals surface area contributed by atoms with Crippen molar-refractivity contribution in [3.05, 3.63) is 34.7 Å². The van der Waals surface area contributed by atoms with Crippen LogP contribution in [-0.2, 0) is 27.9 Å². The number of amides is 1. The Morgan fingerprint density at radius 1 is 1.26 bits per heavy atom. The van der Waals surface area contributed by atoms with E-state index in [0.717, 1.165) is 15.9 Å². The van der Waals surface area contributed by atoms with Crippen LogP contribution in [0.1, 0.15) is 5.82 Å². The zero-order valence-corrected chi connectivity index (χ0v) is 18.9. The monoisotopic (exact) mass is 499 g/mol. The van der Waals surface area contributed by atoms with E-state index < -0.39 is 22.7 Å². The molecule has 31 heavy (non-hydrogen) atoms. The van der Waals surface area contributed by atoms with Gasteiger partial charge in [0.1, 0.15) is 16.6 Å². The van der Waals surface area contributed by atoms with Crippen molar-refractivity contribution >= 4 is 38.9 Å². The summed E-state index contributed by atoms with van der Waals surface area (Å²) < 4.78 is 66.1. The van der Waals surface area contributed by atoms with Gasteiger partial charge in [0.05, 0.1) is 17.4 Å². The van der Waals surface area contributed by atoms with Crippen LogP contribution in [0.2, 0.25) is 4.34 Å². The minimum atomic E-state index is -4.36. The third kappa shape index (κ3) is 6.19. The standard InChI is InChI=1S/C17H21ClF3N5O3S2/c1-23(10-14-22-4-5-25(14)12-17(19,20)21)11-15(27)24-6-8-26(9-7-24)31(28,29)16-3-2-13(18)30-16/h2-5H,6-12H2,1H3. The van der Waals surface area contributed by atoms with Crippen molar-refractivity contribution in [2.45, 2.75) is 23.5 Å². The Bertz CT molecular complexity index is 1020. The van der Waals surface area contributed by atoms with Gasteiger partial charge in [-0.05, 0) is 19.2 Å². The zero-order chi connectivity index (χ0) is 22.8. The first-order chi connectivity index (χ1) is 14.5. The molecule has 1 aliphatic rings. The molecule has 3 rings (SSSR count). The molecular formula is C17H21ClF3N5O3S2. The van der Waals surface area contributed by atoms with Crippen LogP contribution in [0.3, 0.4) is 0 Å². The maximum absolute atomic E-state index is 12.6.